The summed E-state index contributed by atoms with van der Waals surface area (Å²) in [5.74, 6) is 0.264. The van der Waals surface area contributed by atoms with Crippen molar-refractivity contribution in [2.75, 3.05) is 7.11 Å². The molecule has 1 heterocycles. The van der Waals surface area contributed by atoms with Crippen LogP contribution in [0.5, 0.6) is 0 Å². The van der Waals surface area contributed by atoms with E-state index in [1.165, 1.54) is 7.11 Å². The SMILES string of the molecule is CO/C(N)=C/C=C(\N)c1cc(C)nc(Cl)n1. The van der Waals surface area contributed by atoms with Gasteiger partial charge in [0.05, 0.1) is 18.5 Å². The van der Waals surface area contributed by atoms with E-state index in [4.69, 9.17) is 27.8 Å². The van der Waals surface area contributed by atoms with Crippen molar-refractivity contribution in [1.29, 1.82) is 0 Å². The lowest BCUT2D eigenvalue weighted by Gasteiger charge is -2.02. The van der Waals surface area contributed by atoms with E-state index in [0.717, 1.165) is 5.69 Å². The van der Waals surface area contributed by atoms with Gasteiger partial charge in [0.25, 0.3) is 0 Å². The van der Waals surface area contributed by atoms with Crippen molar-refractivity contribution >= 4 is 17.3 Å². The number of rotatable bonds is 3. The van der Waals surface area contributed by atoms with Gasteiger partial charge in [0, 0.05) is 5.69 Å². The zero-order valence-corrected chi connectivity index (χ0v) is 9.82. The zero-order chi connectivity index (χ0) is 12.1. The Morgan fingerprint density at radius 1 is 1.38 bits per heavy atom. The highest BCUT2D eigenvalue weighted by atomic mass is 35.5. The molecular formula is C10H13ClN4O. The summed E-state index contributed by atoms with van der Waals surface area (Å²) in [4.78, 5) is 7.92. The van der Waals surface area contributed by atoms with Gasteiger partial charge in [0.2, 0.25) is 5.28 Å². The number of aryl methyl sites for hydroxylation is 1. The Balaban J connectivity index is 3.00. The first-order valence-corrected chi connectivity index (χ1v) is 4.89. The molecule has 1 aromatic rings. The Bertz CT molecular complexity index is 422. The van der Waals surface area contributed by atoms with Gasteiger partial charge in [-0.3, -0.25) is 0 Å². The van der Waals surface area contributed by atoms with E-state index in [2.05, 4.69) is 9.97 Å². The average Bonchev–Trinajstić information content (AvgIpc) is 2.23. The minimum atomic E-state index is 0.162. The monoisotopic (exact) mass is 240 g/mol. The number of aromatic nitrogens is 2. The van der Waals surface area contributed by atoms with Crippen molar-refractivity contribution in [1.82, 2.24) is 9.97 Å². The van der Waals surface area contributed by atoms with Crippen molar-refractivity contribution in [3.8, 4) is 0 Å². The number of ether oxygens (including phenoxy) is 1. The molecule has 0 aromatic carbocycles. The van der Waals surface area contributed by atoms with Crippen molar-refractivity contribution < 1.29 is 4.74 Å². The number of allylic oxidation sites excluding steroid dienone is 2. The molecule has 0 fully saturated rings. The number of hydrogen-bond acceptors (Lipinski definition) is 5. The highest BCUT2D eigenvalue weighted by Gasteiger charge is 2.02. The third-order valence-corrected chi connectivity index (χ3v) is 1.95. The Morgan fingerprint density at radius 2 is 2.06 bits per heavy atom. The normalized spacial score (nSPS) is 12.7. The van der Waals surface area contributed by atoms with Crippen LogP contribution in [0.1, 0.15) is 11.4 Å². The van der Waals surface area contributed by atoms with Crippen LogP contribution >= 0.6 is 11.6 Å². The molecule has 0 spiro atoms. The second-order valence-electron chi connectivity index (χ2n) is 3.06. The quantitative estimate of drug-likeness (QED) is 0.471. The summed E-state index contributed by atoms with van der Waals surface area (Å²) in [7, 11) is 1.47. The van der Waals surface area contributed by atoms with Gasteiger partial charge >= 0.3 is 0 Å². The highest BCUT2D eigenvalue weighted by Crippen LogP contribution is 2.10. The Labute approximate surface area is 98.8 Å². The highest BCUT2D eigenvalue weighted by molar-refractivity contribution is 6.28. The lowest BCUT2D eigenvalue weighted by Crippen LogP contribution is -2.02. The van der Waals surface area contributed by atoms with Gasteiger partial charge in [-0.25, -0.2) is 9.97 Å². The van der Waals surface area contributed by atoms with Crippen LogP contribution in [-0.4, -0.2) is 17.1 Å². The fourth-order valence-electron chi connectivity index (χ4n) is 1.01. The van der Waals surface area contributed by atoms with Crippen LogP contribution in [-0.2, 0) is 4.74 Å². The fourth-order valence-corrected chi connectivity index (χ4v) is 1.23. The molecule has 1 rings (SSSR count). The van der Waals surface area contributed by atoms with Crippen LogP contribution in [0.15, 0.2) is 24.1 Å². The first-order valence-electron chi connectivity index (χ1n) is 4.51. The molecule has 1 aromatic heterocycles. The van der Waals surface area contributed by atoms with Crippen LogP contribution in [0.4, 0.5) is 0 Å². The molecule has 0 saturated carbocycles. The number of nitrogens with zero attached hydrogens (tertiary/aromatic N) is 2. The van der Waals surface area contributed by atoms with Gasteiger partial charge in [0.15, 0.2) is 5.88 Å². The summed E-state index contributed by atoms with van der Waals surface area (Å²) in [5.41, 5.74) is 13.0. The molecule has 6 heteroatoms. The van der Waals surface area contributed by atoms with E-state index in [0.29, 0.717) is 11.4 Å². The number of nitrogens with two attached hydrogens (primary N) is 2. The minimum Gasteiger partial charge on any atom is -0.483 e. The summed E-state index contributed by atoms with van der Waals surface area (Å²) < 4.78 is 4.76. The fraction of sp³-hybridized carbons (Fsp3) is 0.200. The lowest BCUT2D eigenvalue weighted by molar-refractivity contribution is 0.287. The maximum absolute atomic E-state index is 5.79. The molecule has 4 N–H and O–H groups in total. The van der Waals surface area contributed by atoms with Crippen LogP contribution in [0.3, 0.4) is 0 Å². The van der Waals surface area contributed by atoms with E-state index < -0.39 is 0 Å². The predicted molar refractivity (Wildman–Crippen MR) is 63.2 cm³/mol. The van der Waals surface area contributed by atoms with Gasteiger partial charge in [-0.05, 0) is 36.7 Å². The Morgan fingerprint density at radius 3 is 2.62 bits per heavy atom. The van der Waals surface area contributed by atoms with E-state index in [9.17, 15) is 0 Å². The van der Waals surface area contributed by atoms with Crippen molar-refractivity contribution in [3.63, 3.8) is 0 Å². The van der Waals surface area contributed by atoms with E-state index in [1.807, 2.05) is 6.92 Å². The van der Waals surface area contributed by atoms with Gasteiger partial charge < -0.3 is 16.2 Å². The minimum absolute atomic E-state index is 0.162. The van der Waals surface area contributed by atoms with E-state index in [1.54, 1.807) is 18.2 Å². The van der Waals surface area contributed by atoms with Crippen molar-refractivity contribution in [3.05, 3.63) is 40.8 Å². The Hall–Kier alpha value is -1.75. The van der Waals surface area contributed by atoms with E-state index >= 15 is 0 Å². The molecule has 0 aliphatic heterocycles. The summed E-state index contributed by atoms with van der Waals surface area (Å²) >= 11 is 5.71. The predicted octanol–water partition coefficient (Wildman–Crippen LogP) is 1.18. The summed E-state index contributed by atoms with van der Waals surface area (Å²) in [6.07, 6.45) is 3.14. The average molecular weight is 241 g/mol. The second-order valence-corrected chi connectivity index (χ2v) is 3.40. The first-order chi connectivity index (χ1) is 7.52. The third kappa shape index (κ3) is 3.43. The van der Waals surface area contributed by atoms with Gasteiger partial charge in [0.1, 0.15) is 0 Å². The smallest absolute Gasteiger partial charge is 0.223 e. The number of hydrogen-bond donors (Lipinski definition) is 2. The van der Waals surface area contributed by atoms with Crippen LogP contribution in [0, 0.1) is 6.92 Å². The molecular weight excluding hydrogens is 228 g/mol. The maximum Gasteiger partial charge on any atom is 0.223 e. The second kappa shape index (κ2) is 5.37. The summed E-state index contributed by atoms with van der Waals surface area (Å²) in [6, 6.07) is 1.73. The molecule has 0 atom stereocenters. The largest absolute Gasteiger partial charge is 0.483 e. The number of methoxy groups -OCH3 is 1. The third-order valence-electron chi connectivity index (χ3n) is 1.79. The van der Waals surface area contributed by atoms with Crippen molar-refractivity contribution in [2.45, 2.75) is 6.92 Å². The van der Waals surface area contributed by atoms with Gasteiger partial charge in [-0.1, -0.05) is 0 Å². The van der Waals surface area contributed by atoms with Crippen LogP contribution < -0.4 is 11.5 Å². The summed E-state index contributed by atoms with van der Waals surface area (Å²) in [6.45, 7) is 1.81. The number of halogens is 1. The molecule has 86 valence electrons. The molecule has 16 heavy (non-hydrogen) atoms. The topological polar surface area (TPSA) is 87.0 Å². The molecule has 0 amide bonds. The van der Waals surface area contributed by atoms with Gasteiger partial charge in [-0.15, -0.1) is 0 Å². The molecule has 5 nitrogen and oxygen atoms in total. The summed E-state index contributed by atoms with van der Waals surface area (Å²) in [5, 5.41) is 0.162. The molecule has 0 radical (unpaired) electrons. The van der Waals surface area contributed by atoms with E-state index in [-0.39, 0.29) is 11.2 Å². The lowest BCUT2D eigenvalue weighted by atomic mass is 10.2. The molecule has 0 aliphatic carbocycles. The molecule has 0 aliphatic rings. The molecule has 0 unspecified atom stereocenters. The van der Waals surface area contributed by atoms with Crippen molar-refractivity contribution in [2.24, 2.45) is 11.5 Å². The zero-order valence-electron chi connectivity index (χ0n) is 9.07. The van der Waals surface area contributed by atoms with Crippen LogP contribution in [0.25, 0.3) is 5.70 Å². The van der Waals surface area contributed by atoms with Gasteiger partial charge in [-0.2, -0.15) is 0 Å². The standard InChI is InChI=1S/C10H13ClN4O/c1-6-5-8(15-10(11)14-6)7(12)3-4-9(13)16-2/h3-5H,12-13H2,1-2H3/b7-3-,9-4+. The maximum atomic E-state index is 5.79. The first kappa shape index (κ1) is 12.3. The Kier molecular flexibility index (Phi) is 4.13. The van der Waals surface area contributed by atoms with Crippen LogP contribution in [0.2, 0.25) is 5.28 Å². The molecule has 0 saturated heterocycles. The molecule has 0 bridgehead atoms.